The van der Waals surface area contributed by atoms with E-state index in [0.29, 0.717) is 0 Å². The Balaban J connectivity index is 2.80. The summed E-state index contributed by atoms with van der Waals surface area (Å²) in [5.41, 5.74) is 0.179. The van der Waals surface area contributed by atoms with Crippen LogP contribution >= 0.6 is 15.9 Å². The topological polar surface area (TPSA) is 106 Å². The summed E-state index contributed by atoms with van der Waals surface area (Å²) in [5, 5.41) is 11.2. The van der Waals surface area contributed by atoms with E-state index in [0.717, 1.165) is 7.11 Å². The van der Waals surface area contributed by atoms with E-state index in [2.05, 4.69) is 31.0 Å². The molecule has 0 aliphatic carbocycles. The molecule has 1 amide bonds. The van der Waals surface area contributed by atoms with Crippen LogP contribution in [0.2, 0.25) is 0 Å². The maximum atomic E-state index is 11.9. The standard InChI is InChI=1S/C11H11BrN2O5/c1-19-8(15)5-7(11(17)18)14-10(16)6-3-2-4-13-9(6)12/h2-4,7H,5H2,1H3,(H,14,16)(H,17,18)/t7-/m0/s1. The van der Waals surface area contributed by atoms with Gasteiger partial charge in [-0.15, -0.1) is 0 Å². The fourth-order valence-electron chi connectivity index (χ4n) is 1.24. The highest BCUT2D eigenvalue weighted by Crippen LogP contribution is 2.12. The fourth-order valence-corrected chi connectivity index (χ4v) is 1.67. The summed E-state index contributed by atoms with van der Waals surface area (Å²) >= 11 is 3.08. The molecule has 7 nitrogen and oxygen atoms in total. The van der Waals surface area contributed by atoms with Crippen LogP contribution < -0.4 is 5.32 Å². The van der Waals surface area contributed by atoms with Gasteiger partial charge in [0.25, 0.3) is 5.91 Å². The van der Waals surface area contributed by atoms with Crippen molar-refractivity contribution in [1.29, 1.82) is 0 Å². The number of hydrogen-bond donors (Lipinski definition) is 2. The first-order chi connectivity index (χ1) is 8.95. The number of carbonyl (C=O) groups excluding carboxylic acids is 2. The van der Waals surface area contributed by atoms with Gasteiger partial charge in [-0.3, -0.25) is 9.59 Å². The molecule has 1 aromatic rings. The average molecular weight is 331 g/mol. The lowest BCUT2D eigenvalue weighted by molar-refractivity contribution is -0.147. The Morgan fingerprint density at radius 2 is 2.21 bits per heavy atom. The van der Waals surface area contributed by atoms with Crippen molar-refractivity contribution in [3.8, 4) is 0 Å². The first kappa shape index (κ1) is 15.1. The minimum absolute atomic E-state index is 0.179. The van der Waals surface area contributed by atoms with Crippen LogP contribution in [0, 0.1) is 0 Å². The number of hydrogen-bond acceptors (Lipinski definition) is 5. The summed E-state index contributed by atoms with van der Waals surface area (Å²) in [7, 11) is 1.14. The number of carbonyl (C=O) groups is 3. The van der Waals surface area contributed by atoms with Crippen LogP contribution in [-0.2, 0) is 14.3 Å². The monoisotopic (exact) mass is 330 g/mol. The van der Waals surface area contributed by atoms with Crippen LogP contribution in [0.4, 0.5) is 0 Å². The second kappa shape index (κ2) is 6.83. The summed E-state index contributed by atoms with van der Waals surface area (Å²) in [4.78, 5) is 37.7. The Hall–Kier alpha value is -1.96. The van der Waals surface area contributed by atoms with Crippen molar-refractivity contribution >= 4 is 33.8 Å². The smallest absolute Gasteiger partial charge is 0.326 e. The van der Waals surface area contributed by atoms with E-state index in [1.54, 1.807) is 0 Å². The van der Waals surface area contributed by atoms with E-state index in [1.165, 1.54) is 18.3 Å². The van der Waals surface area contributed by atoms with Crippen LogP contribution in [0.15, 0.2) is 22.9 Å². The van der Waals surface area contributed by atoms with Gasteiger partial charge in [0.15, 0.2) is 0 Å². The second-order valence-electron chi connectivity index (χ2n) is 3.49. The van der Waals surface area contributed by atoms with Crippen LogP contribution in [0.5, 0.6) is 0 Å². The van der Waals surface area contributed by atoms with Crippen molar-refractivity contribution in [2.24, 2.45) is 0 Å². The van der Waals surface area contributed by atoms with Gasteiger partial charge in [-0.1, -0.05) is 0 Å². The van der Waals surface area contributed by atoms with Crippen LogP contribution in [0.3, 0.4) is 0 Å². The number of rotatable bonds is 5. The van der Waals surface area contributed by atoms with Gasteiger partial charge in [0.1, 0.15) is 10.6 Å². The number of halogens is 1. The molecule has 0 saturated heterocycles. The van der Waals surface area contributed by atoms with E-state index >= 15 is 0 Å². The second-order valence-corrected chi connectivity index (χ2v) is 4.24. The highest BCUT2D eigenvalue weighted by Gasteiger charge is 2.25. The Bertz CT molecular complexity index is 506. The summed E-state index contributed by atoms with van der Waals surface area (Å²) in [6.45, 7) is 0. The molecule has 1 atom stereocenters. The zero-order valence-corrected chi connectivity index (χ0v) is 11.5. The first-order valence-electron chi connectivity index (χ1n) is 5.16. The molecule has 1 aromatic heterocycles. The van der Waals surface area contributed by atoms with Crippen LogP contribution in [-0.4, -0.2) is 41.1 Å². The molecule has 0 unspecified atom stereocenters. The molecule has 0 aromatic carbocycles. The van der Waals surface area contributed by atoms with E-state index in [1.807, 2.05) is 0 Å². The van der Waals surface area contributed by atoms with Crippen molar-refractivity contribution < 1.29 is 24.2 Å². The molecule has 0 bridgehead atoms. The molecule has 0 radical (unpaired) electrons. The van der Waals surface area contributed by atoms with Gasteiger partial charge in [0.2, 0.25) is 0 Å². The molecule has 0 fully saturated rings. The van der Waals surface area contributed by atoms with Crippen LogP contribution in [0.25, 0.3) is 0 Å². The van der Waals surface area contributed by atoms with Crippen molar-refractivity contribution in [2.45, 2.75) is 12.5 Å². The number of amides is 1. The molecule has 0 saturated carbocycles. The number of methoxy groups -OCH3 is 1. The molecule has 0 aliphatic rings. The Labute approximate surface area is 117 Å². The third-order valence-corrected chi connectivity index (χ3v) is 2.84. The zero-order chi connectivity index (χ0) is 14.4. The van der Waals surface area contributed by atoms with Gasteiger partial charge in [-0.25, -0.2) is 9.78 Å². The average Bonchev–Trinajstić information content (AvgIpc) is 2.37. The lowest BCUT2D eigenvalue weighted by Crippen LogP contribution is -2.42. The molecule has 1 rings (SSSR count). The maximum absolute atomic E-state index is 11.9. The van der Waals surface area contributed by atoms with Crippen LogP contribution in [0.1, 0.15) is 16.8 Å². The normalized spacial score (nSPS) is 11.5. The van der Waals surface area contributed by atoms with Crippen molar-refractivity contribution in [2.75, 3.05) is 7.11 Å². The fraction of sp³-hybridized carbons (Fsp3) is 0.273. The third-order valence-electron chi connectivity index (χ3n) is 2.21. The molecule has 19 heavy (non-hydrogen) atoms. The molecular formula is C11H11BrN2O5. The highest BCUT2D eigenvalue weighted by molar-refractivity contribution is 9.10. The molecule has 2 N–H and O–H groups in total. The number of carboxylic acids is 1. The third kappa shape index (κ3) is 4.32. The maximum Gasteiger partial charge on any atom is 0.326 e. The predicted molar refractivity (Wildman–Crippen MR) is 67.5 cm³/mol. The Morgan fingerprint density at radius 3 is 2.74 bits per heavy atom. The number of aromatic nitrogens is 1. The van der Waals surface area contributed by atoms with Gasteiger partial charge < -0.3 is 15.2 Å². The largest absolute Gasteiger partial charge is 0.480 e. The minimum atomic E-state index is -1.35. The minimum Gasteiger partial charge on any atom is -0.480 e. The summed E-state index contributed by atoms with van der Waals surface area (Å²) in [5.74, 6) is -2.69. The SMILES string of the molecule is COC(=O)C[C@H](NC(=O)c1cccnc1Br)C(=O)O. The number of nitrogens with zero attached hydrogens (tertiary/aromatic N) is 1. The number of ether oxygens (including phenoxy) is 1. The number of aliphatic carboxylic acids is 1. The van der Waals surface area contributed by atoms with E-state index in [4.69, 9.17) is 5.11 Å². The number of pyridine rings is 1. The lowest BCUT2D eigenvalue weighted by Gasteiger charge is -2.13. The van der Waals surface area contributed by atoms with E-state index in [-0.39, 0.29) is 10.2 Å². The molecular weight excluding hydrogens is 320 g/mol. The van der Waals surface area contributed by atoms with Gasteiger partial charge >= 0.3 is 11.9 Å². The molecule has 8 heteroatoms. The Kier molecular flexibility index (Phi) is 5.43. The number of esters is 1. The van der Waals surface area contributed by atoms with Gasteiger partial charge in [-0.05, 0) is 28.1 Å². The van der Waals surface area contributed by atoms with Crippen molar-refractivity contribution in [3.05, 3.63) is 28.5 Å². The zero-order valence-electron chi connectivity index (χ0n) is 9.92. The summed E-state index contributed by atoms with van der Waals surface area (Å²) in [6.07, 6.45) is 1.03. The summed E-state index contributed by atoms with van der Waals surface area (Å²) in [6, 6.07) is 1.66. The van der Waals surface area contributed by atoms with E-state index < -0.39 is 30.3 Å². The molecule has 1 heterocycles. The van der Waals surface area contributed by atoms with Crippen molar-refractivity contribution in [3.63, 3.8) is 0 Å². The van der Waals surface area contributed by atoms with Gasteiger partial charge in [0, 0.05) is 6.20 Å². The quantitative estimate of drug-likeness (QED) is 0.604. The predicted octanol–water partition coefficient (Wildman–Crippen LogP) is 0.590. The van der Waals surface area contributed by atoms with Crippen molar-refractivity contribution in [1.82, 2.24) is 10.3 Å². The molecule has 102 valence electrons. The van der Waals surface area contributed by atoms with Gasteiger partial charge in [-0.2, -0.15) is 0 Å². The number of nitrogens with one attached hydrogen (secondary N) is 1. The number of carboxylic acid groups (broad SMARTS) is 1. The molecule has 0 spiro atoms. The van der Waals surface area contributed by atoms with Gasteiger partial charge in [0.05, 0.1) is 19.1 Å². The van der Waals surface area contributed by atoms with E-state index in [9.17, 15) is 14.4 Å². The highest BCUT2D eigenvalue weighted by atomic mass is 79.9. The molecule has 0 aliphatic heterocycles. The summed E-state index contributed by atoms with van der Waals surface area (Å²) < 4.78 is 4.65. The lowest BCUT2D eigenvalue weighted by atomic mass is 10.2. The first-order valence-corrected chi connectivity index (χ1v) is 5.96. The Morgan fingerprint density at radius 1 is 1.53 bits per heavy atom.